The van der Waals surface area contributed by atoms with E-state index in [2.05, 4.69) is 47.1 Å². The quantitative estimate of drug-likeness (QED) is 0.803. The average Bonchev–Trinajstić information content (AvgIpc) is 2.53. The van der Waals surface area contributed by atoms with Crippen LogP contribution in [0, 0.1) is 0 Å². The van der Waals surface area contributed by atoms with Gasteiger partial charge in [0.1, 0.15) is 11.5 Å². The van der Waals surface area contributed by atoms with E-state index < -0.39 is 0 Å². The Kier molecular flexibility index (Phi) is 5.25. The van der Waals surface area contributed by atoms with Gasteiger partial charge in [-0.2, -0.15) is 0 Å². The molecule has 0 aliphatic rings. The lowest BCUT2D eigenvalue weighted by atomic mass is 10.0. The van der Waals surface area contributed by atoms with Crippen molar-refractivity contribution in [2.75, 3.05) is 11.9 Å². The second-order valence-corrected chi connectivity index (χ2v) is 5.15. The third kappa shape index (κ3) is 3.91. The Morgan fingerprint density at radius 2 is 2.05 bits per heavy atom. The van der Waals surface area contributed by atoms with E-state index in [0.717, 1.165) is 5.69 Å². The first-order valence-corrected chi connectivity index (χ1v) is 7.19. The van der Waals surface area contributed by atoms with Crippen molar-refractivity contribution in [3.8, 4) is 0 Å². The van der Waals surface area contributed by atoms with Crippen LogP contribution in [0.5, 0.6) is 0 Å². The van der Waals surface area contributed by atoms with Crippen molar-refractivity contribution in [2.24, 2.45) is 0 Å². The zero-order valence-electron chi connectivity index (χ0n) is 12.8. The number of hydrogen-bond donors (Lipinski definition) is 2. The van der Waals surface area contributed by atoms with E-state index in [4.69, 9.17) is 0 Å². The van der Waals surface area contributed by atoms with Gasteiger partial charge in [0, 0.05) is 12.2 Å². The lowest BCUT2D eigenvalue weighted by Gasteiger charge is -2.13. The number of anilines is 2. The molecule has 1 heterocycles. The van der Waals surface area contributed by atoms with Gasteiger partial charge in [-0.1, -0.05) is 38.1 Å². The summed E-state index contributed by atoms with van der Waals surface area (Å²) in [6.07, 6.45) is 4.63. The van der Waals surface area contributed by atoms with Crippen LogP contribution in [0.1, 0.15) is 35.8 Å². The van der Waals surface area contributed by atoms with E-state index in [-0.39, 0.29) is 11.6 Å². The molecule has 0 radical (unpaired) electrons. The van der Waals surface area contributed by atoms with Crippen LogP contribution in [0.15, 0.2) is 49.3 Å². The number of carbonyl (C=O) groups excluding carboxylic acids is 1. The first-order valence-electron chi connectivity index (χ1n) is 7.19. The van der Waals surface area contributed by atoms with Crippen molar-refractivity contribution in [3.05, 3.63) is 60.6 Å². The van der Waals surface area contributed by atoms with E-state index in [1.165, 1.54) is 11.8 Å². The predicted octanol–water partition coefficient (Wildman–Crippen LogP) is 3.26. The highest BCUT2D eigenvalue weighted by Crippen LogP contribution is 2.25. The summed E-state index contributed by atoms with van der Waals surface area (Å²) in [5.74, 6) is 0.746. The monoisotopic (exact) mass is 296 g/mol. The zero-order chi connectivity index (χ0) is 15.9. The molecule has 0 saturated heterocycles. The molecule has 0 unspecified atom stereocenters. The Morgan fingerprint density at radius 1 is 1.27 bits per heavy atom. The summed E-state index contributed by atoms with van der Waals surface area (Å²) in [6.45, 7) is 8.23. The molecule has 1 amide bonds. The zero-order valence-corrected chi connectivity index (χ0v) is 12.8. The number of carbonyl (C=O) groups is 1. The maximum Gasteiger partial charge on any atom is 0.271 e. The summed E-state index contributed by atoms with van der Waals surface area (Å²) in [5.41, 5.74) is 2.48. The Bertz CT molecular complexity index is 650. The second-order valence-electron chi connectivity index (χ2n) is 5.15. The number of aromatic nitrogens is 2. The van der Waals surface area contributed by atoms with Crippen molar-refractivity contribution in [3.63, 3.8) is 0 Å². The van der Waals surface area contributed by atoms with E-state index in [1.807, 2.05) is 18.2 Å². The summed E-state index contributed by atoms with van der Waals surface area (Å²) in [4.78, 5) is 20.1. The van der Waals surface area contributed by atoms with Crippen molar-refractivity contribution in [2.45, 2.75) is 19.8 Å². The first kappa shape index (κ1) is 15.7. The minimum Gasteiger partial charge on any atom is -0.347 e. The minimum absolute atomic E-state index is 0.262. The minimum atomic E-state index is -0.262. The number of rotatable bonds is 6. The Hall–Kier alpha value is -2.69. The number of benzene rings is 1. The fourth-order valence-electron chi connectivity index (χ4n) is 2.02. The van der Waals surface area contributed by atoms with E-state index in [1.54, 1.807) is 12.3 Å². The number of hydrogen-bond acceptors (Lipinski definition) is 4. The molecule has 5 heteroatoms. The van der Waals surface area contributed by atoms with Crippen molar-refractivity contribution < 1.29 is 4.79 Å². The molecular weight excluding hydrogens is 276 g/mol. The van der Waals surface area contributed by atoms with Crippen LogP contribution in [0.25, 0.3) is 0 Å². The molecule has 114 valence electrons. The highest BCUT2D eigenvalue weighted by molar-refractivity contribution is 5.92. The van der Waals surface area contributed by atoms with E-state index >= 15 is 0 Å². The van der Waals surface area contributed by atoms with Crippen LogP contribution in [0.4, 0.5) is 11.5 Å². The maximum absolute atomic E-state index is 11.7. The Labute approximate surface area is 130 Å². The molecular formula is C17H20N4O. The summed E-state index contributed by atoms with van der Waals surface area (Å²) in [7, 11) is 0. The fourth-order valence-corrected chi connectivity index (χ4v) is 2.02. The molecule has 0 aliphatic carbocycles. The van der Waals surface area contributed by atoms with Gasteiger partial charge in [0.2, 0.25) is 0 Å². The molecule has 5 nitrogen and oxygen atoms in total. The fraction of sp³-hybridized carbons (Fsp3) is 0.235. The van der Waals surface area contributed by atoms with Crippen LogP contribution < -0.4 is 10.6 Å². The number of nitrogens with zero attached hydrogens (tertiary/aromatic N) is 2. The number of nitrogens with one attached hydrogen (secondary N) is 2. The van der Waals surface area contributed by atoms with Gasteiger partial charge >= 0.3 is 0 Å². The SMILES string of the molecule is C=CCNC(=O)c1cnc(Nc2ccccc2C(C)C)cn1. The highest BCUT2D eigenvalue weighted by atomic mass is 16.1. The van der Waals surface area contributed by atoms with E-state index in [0.29, 0.717) is 18.3 Å². The molecule has 2 N–H and O–H groups in total. The second kappa shape index (κ2) is 7.36. The molecule has 22 heavy (non-hydrogen) atoms. The van der Waals surface area contributed by atoms with Crippen LogP contribution in [-0.4, -0.2) is 22.4 Å². The Morgan fingerprint density at radius 3 is 2.68 bits per heavy atom. The van der Waals surface area contributed by atoms with Gasteiger partial charge in [-0.05, 0) is 17.5 Å². The summed E-state index contributed by atoms with van der Waals surface area (Å²) in [6, 6.07) is 8.07. The highest BCUT2D eigenvalue weighted by Gasteiger charge is 2.09. The van der Waals surface area contributed by atoms with Crippen LogP contribution >= 0.6 is 0 Å². The summed E-state index contributed by atoms with van der Waals surface area (Å²) in [5, 5.41) is 5.90. The van der Waals surface area contributed by atoms with Crippen LogP contribution in [-0.2, 0) is 0 Å². The molecule has 2 rings (SSSR count). The topological polar surface area (TPSA) is 66.9 Å². The van der Waals surface area contributed by atoms with Gasteiger partial charge in [0.25, 0.3) is 5.91 Å². The lowest BCUT2D eigenvalue weighted by Crippen LogP contribution is -2.24. The largest absolute Gasteiger partial charge is 0.347 e. The molecule has 0 atom stereocenters. The van der Waals surface area contributed by atoms with Gasteiger partial charge in [-0.15, -0.1) is 6.58 Å². The smallest absolute Gasteiger partial charge is 0.271 e. The summed E-state index contributed by atoms with van der Waals surface area (Å²) >= 11 is 0. The van der Waals surface area contributed by atoms with Crippen LogP contribution in [0.2, 0.25) is 0 Å². The van der Waals surface area contributed by atoms with Gasteiger partial charge in [-0.3, -0.25) is 4.79 Å². The van der Waals surface area contributed by atoms with Gasteiger partial charge in [0.15, 0.2) is 0 Å². The molecule has 0 spiro atoms. The molecule has 1 aromatic carbocycles. The molecule has 0 fully saturated rings. The van der Waals surface area contributed by atoms with Crippen molar-refractivity contribution >= 4 is 17.4 Å². The third-order valence-electron chi connectivity index (χ3n) is 3.14. The standard InChI is InChI=1S/C17H20N4O/c1-4-9-18-17(22)15-10-20-16(11-19-15)21-14-8-6-5-7-13(14)12(2)3/h4-8,10-12H,1,9H2,2-3H3,(H,18,22)(H,20,21). The average molecular weight is 296 g/mol. The maximum atomic E-state index is 11.7. The predicted molar refractivity (Wildman–Crippen MR) is 88.4 cm³/mol. The first-order chi connectivity index (χ1) is 10.6. The third-order valence-corrected chi connectivity index (χ3v) is 3.14. The molecule has 1 aromatic heterocycles. The molecule has 0 aliphatic heterocycles. The van der Waals surface area contributed by atoms with E-state index in [9.17, 15) is 4.79 Å². The molecule has 0 saturated carbocycles. The van der Waals surface area contributed by atoms with Crippen molar-refractivity contribution in [1.82, 2.24) is 15.3 Å². The Balaban J connectivity index is 2.12. The molecule has 2 aromatic rings. The van der Waals surface area contributed by atoms with Gasteiger partial charge in [-0.25, -0.2) is 9.97 Å². The lowest BCUT2D eigenvalue weighted by molar-refractivity contribution is 0.0952. The summed E-state index contributed by atoms with van der Waals surface area (Å²) < 4.78 is 0. The molecule has 0 bridgehead atoms. The number of amides is 1. The van der Waals surface area contributed by atoms with Gasteiger partial charge < -0.3 is 10.6 Å². The normalized spacial score (nSPS) is 10.3. The van der Waals surface area contributed by atoms with Gasteiger partial charge in [0.05, 0.1) is 12.4 Å². The van der Waals surface area contributed by atoms with Crippen molar-refractivity contribution in [1.29, 1.82) is 0 Å². The van der Waals surface area contributed by atoms with Crippen LogP contribution in [0.3, 0.4) is 0 Å². The number of para-hydroxylation sites is 1.